The Labute approximate surface area is 209 Å². The lowest BCUT2D eigenvalue weighted by molar-refractivity contribution is 0.0660. The molecular formula is C28H31N3O3S. The fourth-order valence-electron chi connectivity index (χ4n) is 4.44. The molecule has 0 saturated carbocycles. The number of ether oxygens (including phenoxy) is 1. The highest BCUT2D eigenvalue weighted by Gasteiger charge is 2.30. The van der Waals surface area contributed by atoms with Crippen LogP contribution in [0.4, 0.5) is 0 Å². The van der Waals surface area contributed by atoms with Crippen molar-refractivity contribution in [1.82, 2.24) is 14.5 Å². The number of fused-ring (bicyclic) bond motifs is 1. The molecule has 4 rings (SSSR count). The van der Waals surface area contributed by atoms with Crippen LogP contribution in [0.5, 0.6) is 5.75 Å². The van der Waals surface area contributed by atoms with E-state index in [4.69, 9.17) is 9.72 Å². The van der Waals surface area contributed by atoms with E-state index in [2.05, 4.69) is 6.92 Å². The summed E-state index contributed by atoms with van der Waals surface area (Å²) in [5.41, 5.74) is 1.06. The van der Waals surface area contributed by atoms with Crippen LogP contribution in [0.15, 0.2) is 70.8 Å². The molecule has 0 fully saturated rings. The number of rotatable bonds is 10. The first kappa shape index (κ1) is 24.7. The van der Waals surface area contributed by atoms with Gasteiger partial charge < -0.3 is 9.64 Å². The zero-order chi connectivity index (χ0) is 24.8. The quantitative estimate of drug-likeness (QED) is 0.247. The Balaban J connectivity index is 1.95. The monoisotopic (exact) mass is 489 g/mol. The lowest BCUT2D eigenvalue weighted by atomic mass is 10.1. The van der Waals surface area contributed by atoms with Crippen LogP contribution in [0.1, 0.15) is 61.1 Å². The molecule has 2 aromatic carbocycles. The summed E-state index contributed by atoms with van der Waals surface area (Å²) in [6.45, 7) is 4.78. The van der Waals surface area contributed by atoms with E-state index in [-0.39, 0.29) is 17.5 Å². The van der Waals surface area contributed by atoms with E-state index >= 15 is 0 Å². The van der Waals surface area contributed by atoms with E-state index in [0.29, 0.717) is 46.0 Å². The molecule has 0 saturated heterocycles. The van der Waals surface area contributed by atoms with Crippen molar-refractivity contribution in [3.63, 3.8) is 0 Å². The third-order valence-corrected chi connectivity index (χ3v) is 7.04. The molecule has 0 bridgehead atoms. The van der Waals surface area contributed by atoms with Crippen molar-refractivity contribution < 1.29 is 9.53 Å². The normalized spacial score (nSPS) is 12.0. The third kappa shape index (κ3) is 5.00. The minimum Gasteiger partial charge on any atom is -0.495 e. The Hall–Kier alpha value is -3.45. The second-order valence-electron chi connectivity index (χ2n) is 8.41. The number of amides is 1. The lowest BCUT2D eigenvalue weighted by Gasteiger charge is -2.32. The van der Waals surface area contributed by atoms with Crippen molar-refractivity contribution in [1.29, 1.82) is 0 Å². The summed E-state index contributed by atoms with van der Waals surface area (Å²) in [5.74, 6) is 1.09. The molecule has 1 atom stereocenters. The summed E-state index contributed by atoms with van der Waals surface area (Å²) >= 11 is 1.43. The van der Waals surface area contributed by atoms with Gasteiger partial charge in [-0.3, -0.25) is 14.2 Å². The molecule has 0 radical (unpaired) electrons. The predicted molar refractivity (Wildman–Crippen MR) is 142 cm³/mol. The molecule has 35 heavy (non-hydrogen) atoms. The van der Waals surface area contributed by atoms with Crippen molar-refractivity contribution in [2.24, 2.45) is 0 Å². The maximum Gasteiger partial charge on any atom is 0.266 e. The molecule has 6 nitrogen and oxygen atoms in total. The Kier molecular flexibility index (Phi) is 7.98. The second kappa shape index (κ2) is 11.3. The van der Waals surface area contributed by atoms with Crippen molar-refractivity contribution in [2.45, 2.75) is 45.6 Å². The van der Waals surface area contributed by atoms with E-state index in [9.17, 15) is 9.59 Å². The number of hydrogen-bond acceptors (Lipinski definition) is 5. The Morgan fingerprint density at radius 2 is 1.83 bits per heavy atom. The van der Waals surface area contributed by atoms with Crippen LogP contribution in [0.3, 0.4) is 0 Å². The maximum absolute atomic E-state index is 13.9. The van der Waals surface area contributed by atoms with Crippen LogP contribution >= 0.6 is 11.3 Å². The number of methoxy groups -OCH3 is 1. The number of aromatic nitrogens is 2. The van der Waals surface area contributed by atoms with Gasteiger partial charge in [0, 0.05) is 6.54 Å². The molecule has 182 valence electrons. The molecule has 4 aromatic rings. The molecule has 0 spiro atoms. The van der Waals surface area contributed by atoms with Crippen LogP contribution in [-0.4, -0.2) is 34.0 Å². The first-order chi connectivity index (χ1) is 17.1. The van der Waals surface area contributed by atoms with E-state index < -0.39 is 0 Å². The van der Waals surface area contributed by atoms with Crippen LogP contribution in [0, 0.1) is 0 Å². The number of para-hydroxylation sites is 3. The van der Waals surface area contributed by atoms with Crippen molar-refractivity contribution in [2.75, 3.05) is 13.7 Å². The third-order valence-electron chi connectivity index (χ3n) is 6.18. The van der Waals surface area contributed by atoms with E-state index in [1.54, 1.807) is 17.7 Å². The van der Waals surface area contributed by atoms with Crippen molar-refractivity contribution in [3.05, 3.63) is 87.1 Å². The van der Waals surface area contributed by atoms with Gasteiger partial charge in [-0.15, -0.1) is 11.3 Å². The van der Waals surface area contributed by atoms with Crippen LogP contribution in [0.2, 0.25) is 0 Å². The average molecular weight is 490 g/mol. The van der Waals surface area contributed by atoms with E-state index in [0.717, 1.165) is 19.3 Å². The number of thiophene rings is 1. The number of unbranched alkanes of at least 4 members (excludes halogenated alkanes) is 2. The largest absolute Gasteiger partial charge is 0.495 e. The number of benzene rings is 2. The van der Waals surface area contributed by atoms with Gasteiger partial charge >= 0.3 is 0 Å². The summed E-state index contributed by atoms with van der Waals surface area (Å²) in [6, 6.07) is 18.1. The molecular weight excluding hydrogens is 458 g/mol. The minimum atomic E-state index is -0.385. The standard InChI is InChI=1S/C28H31N3O3S/c1-4-6-11-18-30(28(33)25-17-12-19-35-25)22(5-2)26-29-21-14-8-7-13-20(21)27(32)31(26)23-15-9-10-16-24(23)34-3/h7-10,12-17,19,22H,4-6,11,18H2,1-3H3. The topological polar surface area (TPSA) is 64.4 Å². The van der Waals surface area contributed by atoms with Crippen LogP contribution < -0.4 is 10.3 Å². The highest BCUT2D eigenvalue weighted by Crippen LogP contribution is 2.31. The molecule has 0 aliphatic carbocycles. The van der Waals surface area contributed by atoms with Gasteiger partial charge in [0.05, 0.1) is 34.6 Å². The molecule has 7 heteroatoms. The number of carbonyl (C=O) groups is 1. The first-order valence-corrected chi connectivity index (χ1v) is 13.0. The van der Waals surface area contributed by atoms with Gasteiger partial charge in [0.15, 0.2) is 0 Å². The number of nitrogens with zero attached hydrogens (tertiary/aromatic N) is 3. The van der Waals surface area contributed by atoms with E-state index in [1.807, 2.05) is 71.8 Å². The molecule has 1 amide bonds. The molecule has 1 unspecified atom stereocenters. The molecule has 0 aliphatic rings. The van der Waals surface area contributed by atoms with Gasteiger partial charge in [-0.05, 0) is 48.6 Å². The van der Waals surface area contributed by atoms with Crippen LogP contribution in [0.25, 0.3) is 16.6 Å². The second-order valence-corrected chi connectivity index (χ2v) is 9.35. The van der Waals surface area contributed by atoms with Gasteiger partial charge in [-0.25, -0.2) is 4.98 Å². The fraction of sp³-hybridized carbons (Fsp3) is 0.321. The average Bonchev–Trinajstić information content (AvgIpc) is 3.43. The van der Waals surface area contributed by atoms with Gasteiger partial charge in [0.1, 0.15) is 11.6 Å². The Bertz CT molecular complexity index is 1350. The van der Waals surface area contributed by atoms with Crippen LogP contribution in [-0.2, 0) is 0 Å². The van der Waals surface area contributed by atoms with Gasteiger partial charge in [0.2, 0.25) is 0 Å². The summed E-state index contributed by atoms with van der Waals surface area (Å²) in [7, 11) is 1.59. The predicted octanol–water partition coefficient (Wildman–Crippen LogP) is 6.24. The zero-order valence-corrected chi connectivity index (χ0v) is 21.3. The SMILES string of the molecule is CCCCCN(C(=O)c1cccs1)C(CC)c1nc2ccccc2c(=O)n1-c1ccccc1OC. The Morgan fingerprint density at radius 1 is 1.06 bits per heavy atom. The summed E-state index contributed by atoms with van der Waals surface area (Å²) < 4.78 is 7.24. The van der Waals surface area contributed by atoms with Gasteiger partial charge in [-0.2, -0.15) is 0 Å². The van der Waals surface area contributed by atoms with Gasteiger partial charge in [-0.1, -0.05) is 57.0 Å². The maximum atomic E-state index is 13.9. The molecule has 0 aliphatic heterocycles. The summed E-state index contributed by atoms with van der Waals surface area (Å²) in [6.07, 6.45) is 3.58. The molecule has 2 heterocycles. The lowest BCUT2D eigenvalue weighted by Crippen LogP contribution is -2.39. The Morgan fingerprint density at radius 3 is 2.54 bits per heavy atom. The smallest absolute Gasteiger partial charge is 0.266 e. The van der Waals surface area contributed by atoms with Crippen molar-refractivity contribution >= 4 is 28.1 Å². The van der Waals surface area contributed by atoms with Gasteiger partial charge in [0.25, 0.3) is 11.5 Å². The molecule has 2 aromatic heterocycles. The first-order valence-electron chi connectivity index (χ1n) is 12.1. The number of carbonyl (C=O) groups excluding carboxylic acids is 1. The number of hydrogen-bond donors (Lipinski definition) is 0. The highest BCUT2D eigenvalue weighted by atomic mass is 32.1. The minimum absolute atomic E-state index is 0.0306. The van der Waals surface area contributed by atoms with E-state index in [1.165, 1.54) is 11.3 Å². The fourth-order valence-corrected chi connectivity index (χ4v) is 5.11. The van der Waals surface area contributed by atoms with Crippen molar-refractivity contribution in [3.8, 4) is 11.4 Å². The molecule has 0 N–H and O–H groups in total. The zero-order valence-electron chi connectivity index (χ0n) is 20.4. The highest BCUT2D eigenvalue weighted by molar-refractivity contribution is 7.12. The summed E-state index contributed by atoms with van der Waals surface area (Å²) in [4.78, 5) is 35.1. The summed E-state index contributed by atoms with van der Waals surface area (Å²) in [5, 5.41) is 2.44.